The van der Waals surface area contributed by atoms with E-state index in [2.05, 4.69) is 65.1 Å². The first kappa shape index (κ1) is 14.9. The highest BCUT2D eigenvalue weighted by Gasteiger charge is 2.18. The fourth-order valence-corrected chi connectivity index (χ4v) is 3.00. The standard InChI is InChI=1S/C16H25BrN2/c1-12(2)19-9-4-5-14(8-10-19)18-15-6-7-16(17)13(3)11-15/h6-7,11-12,14,18H,4-5,8-10H2,1-3H3. The number of halogens is 1. The minimum absolute atomic E-state index is 0.615. The Hall–Kier alpha value is -0.540. The van der Waals surface area contributed by atoms with Crippen LogP contribution in [0.3, 0.4) is 0 Å². The molecule has 0 spiro atoms. The van der Waals surface area contributed by atoms with Crippen LogP contribution in [0.25, 0.3) is 0 Å². The van der Waals surface area contributed by atoms with E-state index in [4.69, 9.17) is 0 Å². The maximum Gasteiger partial charge on any atom is 0.0345 e. The molecular weight excluding hydrogens is 300 g/mol. The van der Waals surface area contributed by atoms with Gasteiger partial charge in [0.05, 0.1) is 0 Å². The number of hydrogen-bond donors (Lipinski definition) is 1. The van der Waals surface area contributed by atoms with E-state index in [1.165, 1.54) is 48.1 Å². The maximum absolute atomic E-state index is 3.70. The molecule has 0 amide bonds. The quantitative estimate of drug-likeness (QED) is 0.884. The second kappa shape index (κ2) is 6.76. The summed E-state index contributed by atoms with van der Waals surface area (Å²) in [4.78, 5) is 2.59. The van der Waals surface area contributed by atoms with Crippen LogP contribution in [0.5, 0.6) is 0 Å². The second-order valence-corrected chi connectivity index (χ2v) is 6.72. The summed E-state index contributed by atoms with van der Waals surface area (Å²) in [7, 11) is 0. The van der Waals surface area contributed by atoms with Crippen LogP contribution in [0.2, 0.25) is 0 Å². The van der Waals surface area contributed by atoms with Crippen LogP contribution in [0.15, 0.2) is 22.7 Å². The summed E-state index contributed by atoms with van der Waals surface area (Å²) < 4.78 is 1.19. The molecule has 1 saturated heterocycles. The SMILES string of the molecule is Cc1cc(NC2CCCN(C(C)C)CC2)ccc1Br. The Labute approximate surface area is 125 Å². The predicted octanol–water partition coefficient (Wildman–Crippen LogP) is 4.43. The molecule has 0 aromatic heterocycles. The lowest BCUT2D eigenvalue weighted by Crippen LogP contribution is -2.32. The Morgan fingerprint density at radius 3 is 2.74 bits per heavy atom. The first-order chi connectivity index (χ1) is 9.06. The van der Waals surface area contributed by atoms with Crippen molar-refractivity contribution in [1.82, 2.24) is 4.90 Å². The molecular formula is C16H25BrN2. The van der Waals surface area contributed by atoms with Gasteiger partial charge in [-0.15, -0.1) is 0 Å². The second-order valence-electron chi connectivity index (χ2n) is 5.87. The number of nitrogens with zero attached hydrogens (tertiary/aromatic N) is 1. The van der Waals surface area contributed by atoms with Gasteiger partial charge in [0.1, 0.15) is 0 Å². The van der Waals surface area contributed by atoms with Crippen LogP contribution in [0.1, 0.15) is 38.7 Å². The van der Waals surface area contributed by atoms with Crippen LogP contribution in [0, 0.1) is 6.92 Å². The number of likely N-dealkylation sites (tertiary alicyclic amines) is 1. The molecule has 19 heavy (non-hydrogen) atoms. The molecule has 0 saturated carbocycles. The minimum Gasteiger partial charge on any atom is -0.382 e. The Kier molecular flexibility index (Phi) is 5.28. The topological polar surface area (TPSA) is 15.3 Å². The van der Waals surface area contributed by atoms with E-state index in [0.717, 1.165) is 0 Å². The molecule has 0 bridgehead atoms. The number of nitrogens with one attached hydrogen (secondary N) is 1. The van der Waals surface area contributed by atoms with Crippen molar-refractivity contribution in [3.63, 3.8) is 0 Å². The van der Waals surface area contributed by atoms with Gasteiger partial charge < -0.3 is 10.2 Å². The lowest BCUT2D eigenvalue weighted by atomic mass is 10.1. The third kappa shape index (κ3) is 4.22. The summed E-state index contributed by atoms with van der Waals surface area (Å²) in [5.74, 6) is 0. The van der Waals surface area contributed by atoms with E-state index in [1.54, 1.807) is 0 Å². The van der Waals surface area contributed by atoms with Crippen molar-refractivity contribution in [3.05, 3.63) is 28.2 Å². The number of benzene rings is 1. The Morgan fingerprint density at radius 2 is 2.05 bits per heavy atom. The van der Waals surface area contributed by atoms with Gasteiger partial charge in [-0.3, -0.25) is 0 Å². The number of aryl methyl sites for hydroxylation is 1. The van der Waals surface area contributed by atoms with Gasteiger partial charge in [-0.2, -0.15) is 0 Å². The monoisotopic (exact) mass is 324 g/mol. The summed E-state index contributed by atoms with van der Waals surface area (Å²) in [6, 6.07) is 7.82. The average molecular weight is 325 g/mol. The molecule has 0 radical (unpaired) electrons. The van der Waals surface area contributed by atoms with E-state index >= 15 is 0 Å². The Bertz CT molecular complexity index is 417. The first-order valence-corrected chi connectivity index (χ1v) is 8.12. The van der Waals surface area contributed by atoms with E-state index in [-0.39, 0.29) is 0 Å². The zero-order chi connectivity index (χ0) is 13.8. The van der Waals surface area contributed by atoms with Crippen molar-refractivity contribution in [2.45, 2.75) is 52.1 Å². The largest absolute Gasteiger partial charge is 0.382 e. The van der Waals surface area contributed by atoms with E-state index < -0.39 is 0 Å². The smallest absolute Gasteiger partial charge is 0.0345 e. The van der Waals surface area contributed by atoms with Gasteiger partial charge in [-0.25, -0.2) is 0 Å². The zero-order valence-corrected chi connectivity index (χ0v) is 13.8. The lowest BCUT2D eigenvalue weighted by molar-refractivity contribution is 0.230. The number of hydrogen-bond acceptors (Lipinski definition) is 2. The van der Waals surface area contributed by atoms with Gasteiger partial charge >= 0.3 is 0 Å². The Morgan fingerprint density at radius 1 is 1.26 bits per heavy atom. The summed E-state index contributed by atoms with van der Waals surface area (Å²) in [6.45, 7) is 9.20. The Balaban J connectivity index is 1.94. The van der Waals surface area contributed by atoms with Crippen LogP contribution in [0.4, 0.5) is 5.69 Å². The van der Waals surface area contributed by atoms with Crippen molar-refractivity contribution in [1.29, 1.82) is 0 Å². The van der Waals surface area contributed by atoms with Crippen LogP contribution < -0.4 is 5.32 Å². The number of rotatable bonds is 3. The van der Waals surface area contributed by atoms with Gasteiger partial charge in [0.2, 0.25) is 0 Å². The third-order valence-corrected chi connectivity index (χ3v) is 4.91. The molecule has 1 N–H and O–H groups in total. The fraction of sp³-hybridized carbons (Fsp3) is 0.625. The summed E-state index contributed by atoms with van der Waals surface area (Å²) in [5.41, 5.74) is 2.55. The van der Waals surface area contributed by atoms with Crippen molar-refractivity contribution in [2.75, 3.05) is 18.4 Å². The molecule has 1 unspecified atom stereocenters. The minimum atomic E-state index is 0.615. The predicted molar refractivity (Wildman–Crippen MR) is 86.8 cm³/mol. The normalized spacial score (nSPS) is 21.4. The highest BCUT2D eigenvalue weighted by molar-refractivity contribution is 9.10. The van der Waals surface area contributed by atoms with Crippen molar-refractivity contribution in [3.8, 4) is 0 Å². The molecule has 0 aliphatic carbocycles. The van der Waals surface area contributed by atoms with Gasteiger partial charge in [-0.1, -0.05) is 15.9 Å². The molecule has 1 aromatic carbocycles. The molecule has 1 heterocycles. The van der Waals surface area contributed by atoms with Gasteiger partial charge in [-0.05, 0) is 70.3 Å². The highest BCUT2D eigenvalue weighted by atomic mass is 79.9. The van der Waals surface area contributed by atoms with Crippen molar-refractivity contribution < 1.29 is 0 Å². The van der Waals surface area contributed by atoms with E-state index in [1.807, 2.05) is 0 Å². The van der Waals surface area contributed by atoms with Crippen molar-refractivity contribution >= 4 is 21.6 Å². The lowest BCUT2D eigenvalue weighted by Gasteiger charge is -2.24. The molecule has 2 nitrogen and oxygen atoms in total. The maximum atomic E-state index is 3.70. The fourth-order valence-electron chi connectivity index (χ4n) is 2.75. The van der Waals surface area contributed by atoms with Gasteiger partial charge in [0, 0.05) is 28.8 Å². The molecule has 1 aliphatic rings. The van der Waals surface area contributed by atoms with E-state index in [0.29, 0.717) is 12.1 Å². The summed E-state index contributed by atoms with van der Waals surface area (Å²) in [5, 5.41) is 3.70. The van der Waals surface area contributed by atoms with Crippen LogP contribution in [-0.4, -0.2) is 30.1 Å². The van der Waals surface area contributed by atoms with Crippen LogP contribution in [-0.2, 0) is 0 Å². The molecule has 1 aromatic rings. The molecule has 3 heteroatoms. The van der Waals surface area contributed by atoms with E-state index in [9.17, 15) is 0 Å². The highest BCUT2D eigenvalue weighted by Crippen LogP contribution is 2.23. The summed E-state index contributed by atoms with van der Waals surface area (Å²) in [6.07, 6.45) is 3.82. The third-order valence-electron chi connectivity index (χ3n) is 4.02. The molecule has 1 aliphatic heterocycles. The molecule has 106 valence electrons. The van der Waals surface area contributed by atoms with Crippen LogP contribution >= 0.6 is 15.9 Å². The van der Waals surface area contributed by atoms with Gasteiger partial charge in [0.25, 0.3) is 0 Å². The average Bonchev–Trinajstić information content (AvgIpc) is 2.59. The van der Waals surface area contributed by atoms with Gasteiger partial charge in [0.15, 0.2) is 0 Å². The summed E-state index contributed by atoms with van der Waals surface area (Å²) >= 11 is 3.56. The zero-order valence-electron chi connectivity index (χ0n) is 12.2. The molecule has 2 rings (SSSR count). The molecule has 1 fully saturated rings. The van der Waals surface area contributed by atoms with Crippen molar-refractivity contribution in [2.24, 2.45) is 0 Å². The first-order valence-electron chi connectivity index (χ1n) is 7.33. The molecule has 1 atom stereocenters. The number of anilines is 1.